The van der Waals surface area contributed by atoms with E-state index in [0.29, 0.717) is 0 Å². The third-order valence-corrected chi connectivity index (χ3v) is 2.01. The maximum absolute atomic E-state index is 5.56. The predicted octanol–water partition coefficient (Wildman–Crippen LogP) is 2.23. The molecule has 1 aromatic rings. The van der Waals surface area contributed by atoms with E-state index in [1.807, 2.05) is 32.0 Å². The molecule has 0 fully saturated rings. The molecule has 14 heavy (non-hydrogen) atoms. The van der Waals surface area contributed by atoms with Crippen molar-refractivity contribution in [2.24, 2.45) is 5.84 Å². The zero-order valence-electron chi connectivity index (χ0n) is 8.58. The van der Waals surface area contributed by atoms with E-state index in [-0.39, 0.29) is 6.10 Å². The van der Waals surface area contributed by atoms with Crippen molar-refractivity contribution < 1.29 is 4.74 Å². The van der Waals surface area contributed by atoms with Gasteiger partial charge in [0.05, 0.1) is 5.69 Å². The molecule has 0 radical (unpaired) electrons. The summed E-state index contributed by atoms with van der Waals surface area (Å²) >= 11 is 0. The molecule has 76 valence electrons. The zero-order chi connectivity index (χ0) is 10.6. The normalized spacial score (nSPS) is 11.9. The van der Waals surface area contributed by atoms with Gasteiger partial charge in [-0.1, -0.05) is 12.7 Å². The van der Waals surface area contributed by atoms with Crippen LogP contribution in [0.5, 0.6) is 5.75 Å². The summed E-state index contributed by atoms with van der Waals surface area (Å²) in [7, 11) is 0. The first kappa shape index (κ1) is 10.6. The molecule has 0 aliphatic heterocycles. The Labute approximate surface area is 84.5 Å². The van der Waals surface area contributed by atoms with Gasteiger partial charge in [-0.05, 0) is 37.6 Å². The van der Waals surface area contributed by atoms with E-state index in [1.165, 1.54) is 0 Å². The van der Waals surface area contributed by atoms with Gasteiger partial charge in [-0.3, -0.25) is 5.84 Å². The fourth-order valence-corrected chi connectivity index (χ4v) is 1.13. The number of hydrogen-bond donors (Lipinski definition) is 2. The van der Waals surface area contributed by atoms with Crippen LogP contribution in [-0.4, -0.2) is 6.10 Å². The molecule has 3 heteroatoms. The number of benzene rings is 1. The molecule has 1 aromatic carbocycles. The fraction of sp³-hybridized carbons (Fsp3) is 0.273. The second-order valence-electron chi connectivity index (χ2n) is 3.18. The van der Waals surface area contributed by atoms with Crippen LogP contribution in [0.3, 0.4) is 0 Å². The van der Waals surface area contributed by atoms with E-state index < -0.39 is 0 Å². The highest BCUT2D eigenvalue weighted by Crippen LogP contribution is 2.21. The highest BCUT2D eigenvalue weighted by Gasteiger charge is 2.01. The van der Waals surface area contributed by atoms with Crippen LogP contribution in [0, 0.1) is 6.92 Å². The molecule has 3 nitrogen and oxygen atoms in total. The van der Waals surface area contributed by atoms with Crippen molar-refractivity contribution in [2.45, 2.75) is 20.0 Å². The summed E-state index contributed by atoms with van der Waals surface area (Å²) in [4.78, 5) is 0. The zero-order valence-corrected chi connectivity index (χ0v) is 8.58. The lowest BCUT2D eigenvalue weighted by molar-refractivity contribution is 0.270. The number of rotatable bonds is 4. The van der Waals surface area contributed by atoms with Crippen LogP contribution in [0.2, 0.25) is 0 Å². The number of anilines is 1. The molecule has 0 heterocycles. The monoisotopic (exact) mass is 192 g/mol. The first-order valence-corrected chi connectivity index (χ1v) is 4.54. The van der Waals surface area contributed by atoms with Crippen molar-refractivity contribution >= 4 is 5.69 Å². The first-order valence-electron chi connectivity index (χ1n) is 4.54. The lowest BCUT2D eigenvalue weighted by Gasteiger charge is -2.12. The lowest BCUT2D eigenvalue weighted by Crippen LogP contribution is -2.10. The molecule has 1 rings (SSSR count). The minimum atomic E-state index is 0.0195. The predicted molar refractivity (Wildman–Crippen MR) is 59.3 cm³/mol. The van der Waals surface area contributed by atoms with Gasteiger partial charge < -0.3 is 10.2 Å². The fourth-order valence-electron chi connectivity index (χ4n) is 1.13. The van der Waals surface area contributed by atoms with Crippen LogP contribution in [0.25, 0.3) is 0 Å². The molecule has 0 amide bonds. The van der Waals surface area contributed by atoms with Crippen molar-refractivity contribution in [1.82, 2.24) is 0 Å². The summed E-state index contributed by atoms with van der Waals surface area (Å²) < 4.78 is 5.56. The van der Waals surface area contributed by atoms with Gasteiger partial charge in [-0.2, -0.15) is 0 Å². The first-order chi connectivity index (χ1) is 6.67. The van der Waals surface area contributed by atoms with Gasteiger partial charge >= 0.3 is 0 Å². The Bertz CT molecular complexity index is 323. The molecule has 0 aliphatic rings. The van der Waals surface area contributed by atoms with Crippen LogP contribution >= 0.6 is 0 Å². The number of nitrogens with one attached hydrogen (secondary N) is 1. The van der Waals surface area contributed by atoms with Crippen LogP contribution in [0.4, 0.5) is 5.69 Å². The molecule has 0 spiro atoms. The Balaban J connectivity index is 2.80. The SMILES string of the molecule is C=CC(C)Oc1ccc(NN)c(C)c1. The second kappa shape index (κ2) is 4.67. The Hall–Kier alpha value is -1.48. The van der Waals surface area contributed by atoms with E-state index in [4.69, 9.17) is 10.6 Å². The average molecular weight is 192 g/mol. The Morgan fingerprint density at radius 3 is 2.79 bits per heavy atom. The number of nitrogen functional groups attached to an aromatic ring is 1. The van der Waals surface area contributed by atoms with Crippen molar-refractivity contribution in [3.05, 3.63) is 36.4 Å². The number of nitrogens with two attached hydrogens (primary N) is 1. The maximum Gasteiger partial charge on any atom is 0.120 e. The number of aryl methyl sites for hydroxylation is 1. The molecule has 0 saturated carbocycles. The van der Waals surface area contributed by atoms with Crippen molar-refractivity contribution in [1.29, 1.82) is 0 Å². The van der Waals surface area contributed by atoms with Gasteiger partial charge in [0.25, 0.3) is 0 Å². The van der Waals surface area contributed by atoms with E-state index in [1.54, 1.807) is 6.08 Å². The summed E-state index contributed by atoms with van der Waals surface area (Å²) in [6.45, 7) is 7.57. The standard InChI is InChI=1S/C11H16N2O/c1-4-9(3)14-10-5-6-11(13-12)8(2)7-10/h4-7,9,13H,1,12H2,2-3H3. The minimum Gasteiger partial charge on any atom is -0.487 e. The van der Waals surface area contributed by atoms with Gasteiger partial charge in [0.2, 0.25) is 0 Å². The molecule has 1 atom stereocenters. The Morgan fingerprint density at radius 2 is 2.29 bits per heavy atom. The minimum absolute atomic E-state index is 0.0195. The maximum atomic E-state index is 5.56. The highest BCUT2D eigenvalue weighted by atomic mass is 16.5. The van der Waals surface area contributed by atoms with Crippen LogP contribution < -0.4 is 16.0 Å². The molecular weight excluding hydrogens is 176 g/mol. The largest absolute Gasteiger partial charge is 0.487 e. The Kier molecular flexibility index (Phi) is 3.54. The van der Waals surface area contributed by atoms with E-state index >= 15 is 0 Å². The molecule has 1 unspecified atom stereocenters. The van der Waals surface area contributed by atoms with E-state index in [2.05, 4.69) is 12.0 Å². The molecule has 0 saturated heterocycles. The van der Waals surface area contributed by atoms with Crippen LogP contribution in [0.1, 0.15) is 12.5 Å². The van der Waals surface area contributed by atoms with E-state index in [0.717, 1.165) is 17.0 Å². The lowest BCUT2D eigenvalue weighted by atomic mass is 10.2. The molecule has 3 N–H and O–H groups in total. The molecule has 0 aromatic heterocycles. The summed E-state index contributed by atoms with van der Waals surface area (Å²) in [6, 6.07) is 5.71. The van der Waals surface area contributed by atoms with Crippen molar-refractivity contribution in [3.63, 3.8) is 0 Å². The van der Waals surface area contributed by atoms with Gasteiger partial charge in [0, 0.05) is 0 Å². The topological polar surface area (TPSA) is 47.3 Å². The average Bonchev–Trinajstić information content (AvgIpc) is 2.18. The van der Waals surface area contributed by atoms with Gasteiger partial charge in [-0.25, -0.2) is 0 Å². The summed E-state index contributed by atoms with van der Waals surface area (Å²) in [5.41, 5.74) is 4.58. The smallest absolute Gasteiger partial charge is 0.120 e. The summed E-state index contributed by atoms with van der Waals surface area (Å²) in [6.07, 6.45) is 1.77. The third kappa shape index (κ3) is 2.50. The molecule has 0 aliphatic carbocycles. The number of hydrogen-bond acceptors (Lipinski definition) is 3. The third-order valence-electron chi connectivity index (χ3n) is 2.01. The van der Waals surface area contributed by atoms with Crippen molar-refractivity contribution in [3.8, 4) is 5.75 Å². The Morgan fingerprint density at radius 1 is 1.57 bits per heavy atom. The molecule has 0 bridgehead atoms. The highest BCUT2D eigenvalue weighted by molar-refractivity contribution is 5.52. The number of hydrazine groups is 1. The van der Waals surface area contributed by atoms with Gasteiger partial charge in [-0.15, -0.1) is 0 Å². The van der Waals surface area contributed by atoms with Crippen molar-refractivity contribution in [2.75, 3.05) is 5.43 Å². The summed E-state index contributed by atoms with van der Waals surface area (Å²) in [5, 5.41) is 0. The quantitative estimate of drug-likeness (QED) is 0.437. The second-order valence-corrected chi connectivity index (χ2v) is 3.18. The molecular formula is C11H16N2O. The van der Waals surface area contributed by atoms with Crippen LogP contribution in [0.15, 0.2) is 30.9 Å². The van der Waals surface area contributed by atoms with E-state index in [9.17, 15) is 0 Å². The number of ether oxygens (including phenoxy) is 1. The van der Waals surface area contributed by atoms with Gasteiger partial charge in [0.15, 0.2) is 0 Å². The summed E-state index contributed by atoms with van der Waals surface area (Å²) in [5.74, 6) is 6.15. The van der Waals surface area contributed by atoms with Crippen LogP contribution in [-0.2, 0) is 0 Å². The van der Waals surface area contributed by atoms with Gasteiger partial charge in [0.1, 0.15) is 11.9 Å².